The van der Waals surface area contributed by atoms with Crippen LogP contribution in [0.5, 0.6) is 5.75 Å². The highest BCUT2D eigenvalue weighted by molar-refractivity contribution is 6.35. The van der Waals surface area contributed by atoms with Gasteiger partial charge in [-0.05, 0) is 31.2 Å². The van der Waals surface area contributed by atoms with Gasteiger partial charge in [-0.3, -0.25) is 14.9 Å². The van der Waals surface area contributed by atoms with E-state index in [1.807, 2.05) is 6.92 Å². The molecule has 7 nitrogen and oxygen atoms in total. The number of ether oxygens (including phenoxy) is 1. The van der Waals surface area contributed by atoms with Crippen LogP contribution in [0.1, 0.15) is 18.5 Å². The van der Waals surface area contributed by atoms with Crippen molar-refractivity contribution in [2.24, 2.45) is 0 Å². The fourth-order valence-electron chi connectivity index (χ4n) is 2.38. The van der Waals surface area contributed by atoms with E-state index in [1.165, 1.54) is 19.2 Å². The van der Waals surface area contributed by atoms with Crippen LogP contribution in [0.2, 0.25) is 10.0 Å². The fraction of sp³-hybridized carbons (Fsp3) is 0.235. The lowest BCUT2D eigenvalue weighted by atomic mass is 10.1. The van der Waals surface area contributed by atoms with Crippen LogP contribution in [0, 0.1) is 10.1 Å². The average molecular weight is 399 g/mol. The molecule has 9 heteroatoms. The molecule has 0 bridgehead atoms. The number of rotatable bonds is 7. The lowest BCUT2D eigenvalue weighted by molar-refractivity contribution is -0.682. The third-order valence-corrected chi connectivity index (χ3v) is 4.35. The van der Waals surface area contributed by atoms with E-state index in [0.717, 1.165) is 5.56 Å². The van der Waals surface area contributed by atoms with Crippen LogP contribution in [-0.4, -0.2) is 24.5 Å². The first kappa shape index (κ1) is 20.0. The van der Waals surface area contributed by atoms with Gasteiger partial charge in [0.15, 0.2) is 6.54 Å². The number of benzene rings is 2. The van der Waals surface area contributed by atoms with E-state index in [-0.39, 0.29) is 29.9 Å². The lowest BCUT2D eigenvalue weighted by Gasteiger charge is -2.13. The first-order chi connectivity index (χ1) is 12.3. The minimum absolute atomic E-state index is 0.0727. The van der Waals surface area contributed by atoms with Gasteiger partial charge >= 0.3 is 0 Å². The predicted molar refractivity (Wildman–Crippen MR) is 99.9 cm³/mol. The number of anilines is 1. The Kier molecular flexibility index (Phi) is 6.79. The van der Waals surface area contributed by atoms with Gasteiger partial charge in [0.1, 0.15) is 17.5 Å². The molecule has 0 heterocycles. The summed E-state index contributed by atoms with van der Waals surface area (Å²) < 4.78 is 4.97. The number of hydrogen-bond acceptors (Lipinski definition) is 4. The van der Waals surface area contributed by atoms with E-state index in [2.05, 4.69) is 5.32 Å². The first-order valence-corrected chi connectivity index (χ1v) is 8.48. The average Bonchev–Trinajstić information content (AvgIpc) is 2.59. The Hall–Kier alpha value is -2.35. The molecule has 0 saturated heterocycles. The molecule has 0 aliphatic rings. The third kappa shape index (κ3) is 5.08. The second kappa shape index (κ2) is 8.84. The fourth-order valence-corrected chi connectivity index (χ4v) is 2.96. The van der Waals surface area contributed by atoms with E-state index >= 15 is 0 Å². The predicted octanol–water partition coefficient (Wildman–Crippen LogP) is 3.17. The maximum Gasteiger partial charge on any atom is 0.296 e. The summed E-state index contributed by atoms with van der Waals surface area (Å²) in [5, 5.41) is 16.5. The monoisotopic (exact) mass is 398 g/mol. The zero-order valence-electron chi connectivity index (χ0n) is 14.2. The summed E-state index contributed by atoms with van der Waals surface area (Å²) in [4.78, 5) is 22.7. The van der Waals surface area contributed by atoms with Crippen LogP contribution < -0.4 is 15.4 Å². The molecule has 1 atom stereocenters. The van der Waals surface area contributed by atoms with E-state index in [9.17, 15) is 14.9 Å². The van der Waals surface area contributed by atoms with Crippen LogP contribution in [0.15, 0.2) is 36.4 Å². The van der Waals surface area contributed by atoms with E-state index in [4.69, 9.17) is 27.9 Å². The Bertz CT molecular complexity index is 830. The molecule has 0 saturated carbocycles. The number of nitrogens with one attached hydrogen (secondary N) is 1. The molecule has 0 aliphatic carbocycles. The number of halogens is 2. The maximum atomic E-state index is 12.2. The summed E-state index contributed by atoms with van der Waals surface area (Å²) in [5.41, 5.74) is 0.733. The number of nitro benzene ring substituents is 1. The first-order valence-electron chi connectivity index (χ1n) is 7.72. The molecule has 0 aliphatic heterocycles. The molecule has 2 aromatic carbocycles. The minimum Gasteiger partial charge on any atom is -0.496 e. The molecule has 2 rings (SSSR count). The van der Waals surface area contributed by atoms with Crippen LogP contribution in [0.25, 0.3) is 0 Å². The standard InChI is InChI=1S/C17H17Cl2N3O4/c1-10(13-5-3-11(18)7-14(13)19)20-9-17(23)21-15-6-4-12(26-2)8-16(15)22(24)25/h3-8,10,20H,9H2,1-2H3,(H,21,23)/p+1/t10-/m1/s1. The number of methoxy groups -OCH3 is 1. The SMILES string of the molecule is COc1ccc(NC(=O)C[NH2+][C@H](C)c2ccc(Cl)cc2Cl)c([N+](=O)[O-])c1. The van der Waals surface area contributed by atoms with Crippen molar-refractivity contribution < 1.29 is 19.8 Å². The van der Waals surface area contributed by atoms with Crippen LogP contribution in [0.3, 0.4) is 0 Å². The number of hydrogen-bond donors (Lipinski definition) is 2. The Labute approximate surface area is 160 Å². The van der Waals surface area contributed by atoms with Gasteiger partial charge in [0, 0.05) is 10.6 Å². The molecular formula is C17H18Cl2N3O4+. The normalized spacial score (nSPS) is 11.7. The third-order valence-electron chi connectivity index (χ3n) is 3.79. The molecule has 138 valence electrons. The van der Waals surface area contributed by atoms with Crippen molar-refractivity contribution in [3.8, 4) is 5.75 Å². The van der Waals surface area contributed by atoms with Gasteiger partial charge in [-0.1, -0.05) is 29.3 Å². The number of nitrogens with zero attached hydrogens (tertiary/aromatic N) is 1. The number of carbonyl (C=O) groups excluding carboxylic acids is 1. The van der Waals surface area contributed by atoms with Gasteiger partial charge in [-0.15, -0.1) is 0 Å². The number of nitrogens with two attached hydrogens (primary N) is 1. The Morgan fingerprint density at radius 1 is 1.31 bits per heavy atom. The smallest absolute Gasteiger partial charge is 0.296 e. The summed E-state index contributed by atoms with van der Waals surface area (Å²) in [6.07, 6.45) is 0. The van der Waals surface area contributed by atoms with Crippen LogP contribution >= 0.6 is 23.2 Å². The van der Waals surface area contributed by atoms with E-state index in [1.54, 1.807) is 29.6 Å². The van der Waals surface area contributed by atoms with Crippen molar-refractivity contribution in [1.29, 1.82) is 0 Å². The van der Waals surface area contributed by atoms with Crippen molar-refractivity contribution >= 4 is 40.5 Å². The number of nitro groups is 1. The minimum atomic E-state index is -0.571. The number of amides is 1. The molecule has 0 aromatic heterocycles. The molecule has 1 amide bonds. The highest BCUT2D eigenvalue weighted by Crippen LogP contribution is 2.29. The van der Waals surface area contributed by atoms with Crippen molar-refractivity contribution in [1.82, 2.24) is 0 Å². The Morgan fingerprint density at radius 3 is 2.65 bits per heavy atom. The molecule has 3 N–H and O–H groups in total. The van der Waals surface area contributed by atoms with Crippen LogP contribution in [-0.2, 0) is 4.79 Å². The van der Waals surface area contributed by atoms with Gasteiger partial charge in [0.05, 0.1) is 23.1 Å². The Balaban J connectivity index is 2.02. The number of quaternary nitrogens is 1. The maximum absolute atomic E-state index is 12.2. The number of carbonyl (C=O) groups is 1. The topological polar surface area (TPSA) is 98.1 Å². The molecule has 0 fully saturated rings. The van der Waals surface area contributed by atoms with Crippen LogP contribution in [0.4, 0.5) is 11.4 Å². The summed E-state index contributed by atoms with van der Waals surface area (Å²) in [6.45, 7) is 1.97. The Morgan fingerprint density at radius 2 is 2.04 bits per heavy atom. The molecule has 0 radical (unpaired) electrons. The van der Waals surface area contributed by atoms with Crippen molar-refractivity contribution in [3.63, 3.8) is 0 Å². The van der Waals surface area contributed by atoms with Crippen molar-refractivity contribution in [3.05, 3.63) is 62.1 Å². The summed E-state index contributed by atoms with van der Waals surface area (Å²) >= 11 is 12.0. The zero-order chi connectivity index (χ0) is 19.3. The van der Waals surface area contributed by atoms with Gasteiger partial charge in [0.2, 0.25) is 0 Å². The lowest BCUT2D eigenvalue weighted by Crippen LogP contribution is -2.86. The molecule has 26 heavy (non-hydrogen) atoms. The second-order valence-corrected chi connectivity index (χ2v) is 6.43. The largest absolute Gasteiger partial charge is 0.496 e. The summed E-state index contributed by atoms with van der Waals surface area (Å²) in [5.74, 6) is -0.0255. The second-order valence-electron chi connectivity index (χ2n) is 5.58. The van der Waals surface area contributed by atoms with Crippen molar-refractivity contribution in [2.45, 2.75) is 13.0 Å². The molecule has 0 unspecified atom stereocenters. The van der Waals surface area contributed by atoms with Gasteiger partial charge in [-0.25, -0.2) is 0 Å². The van der Waals surface area contributed by atoms with E-state index in [0.29, 0.717) is 15.8 Å². The molecular weight excluding hydrogens is 381 g/mol. The van der Waals surface area contributed by atoms with Gasteiger partial charge < -0.3 is 15.4 Å². The quantitative estimate of drug-likeness (QED) is 0.552. The zero-order valence-corrected chi connectivity index (χ0v) is 15.7. The van der Waals surface area contributed by atoms with E-state index < -0.39 is 4.92 Å². The van der Waals surface area contributed by atoms with Crippen molar-refractivity contribution in [2.75, 3.05) is 19.0 Å². The molecule has 2 aromatic rings. The van der Waals surface area contributed by atoms with Gasteiger partial charge in [0.25, 0.3) is 11.6 Å². The molecule has 0 spiro atoms. The summed E-state index contributed by atoms with van der Waals surface area (Å²) in [6, 6.07) is 9.33. The highest BCUT2D eigenvalue weighted by atomic mass is 35.5. The summed E-state index contributed by atoms with van der Waals surface area (Å²) in [7, 11) is 1.41. The highest BCUT2D eigenvalue weighted by Gasteiger charge is 2.19. The van der Waals surface area contributed by atoms with Gasteiger partial charge in [-0.2, -0.15) is 0 Å².